The molecule has 160 valence electrons. The van der Waals surface area contributed by atoms with Gasteiger partial charge in [0.05, 0.1) is 23.8 Å². The van der Waals surface area contributed by atoms with Crippen LogP contribution in [0.15, 0.2) is 43.0 Å². The molecule has 0 radical (unpaired) electrons. The average molecular weight is 416 g/mol. The second-order valence-electron chi connectivity index (χ2n) is 8.51. The molecule has 0 bridgehead atoms. The summed E-state index contributed by atoms with van der Waals surface area (Å²) in [6, 6.07) is 6.62. The molecule has 1 fully saturated rings. The summed E-state index contributed by atoms with van der Waals surface area (Å²) in [5, 5.41) is 10.4. The second kappa shape index (κ2) is 8.51. The zero-order valence-electron chi connectivity index (χ0n) is 18.2. The third kappa shape index (κ3) is 4.18. The number of nitrogens with zero attached hydrogens (tertiary/aromatic N) is 5. The maximum absolute atomic E-state index is 4.72. The predicted molar refractivity (Wildman–Crippen MR) is 124 cm³/mol. The van der Waals surface area contributed by atoms with E-state index >= 15 is 0 Å². The number of likely N-dealkylation sites (tertiary alicyclic amines) is 1. The molecule has 4 heterocycles. The molecule has 31 heavy (non-hydrogen) atoms. The Balaban J connectivity index is 1.40. The van der Waals surface area contributed by atoms with E-state index in [0.717, 1.165) is 40.6 Å². The lowest BCUT2D eigenvalue weighted by Gasteiger charge is -2.21. The van der Waals surface area contributed by atoms with Gasteiger partial charge in [-0.15, -0.1) is 0 Å². The first-order valence-electron chi connectivity index (χ1n) is 11.1. The first-order valence-corrected chi connectivity index (χ1v) is 11.1. The fourth-order valence-electron chi connectivity index (χ4n) is 4.42. The molecule has 1 aliphatic rings. The number of aromatic nitrogens is 5. The third-order valence-electron chi connectivity index (χ3n) is 6.10. The van der Waals surface area contributed by atoms with Crippen LogP contribution in [0.2, 0.25) is 0 Å². The minimum absolute atomic E-state index is 0.759. The topological polar surface area (TPSA) is 74.1 Å². The van der Waals surface area contributed by atoms with Crippen LogP contribution in [0.3, 0.4) is 0 Å². The van der Waals surface area contributed by atoms with Crippen molar-refractivity contribution in [1.82, 2.24) is 29.5 Å². The van der Waals surface area contributed by atoms with Crippen molar-refractivity contribution in [3.63, 3.8) is 0 Å². The molecule has 1 saturated heterocycles. The lowest BCUT2D eigenvalue weighted by Crippen LogP contribution is -2.24. The molecule has 1 aliphatic heterocycles. The molecule has 0 saturated carbocycles. The van der Waals surface area contributed by atoms with Crippen LogP contribution in [0, 0.1) is 13.8 Å². The van der Waals surface area contributed by atoms with Crippen LogP contribution < -0.4 is 5.32 Å². The van der Waals surface area contributed by atoms with Gasteiger partial charge in [0.1, 0.15) is 0 Å². The molecular weight excluding hydrogens is 386 g/mol. The van der Waals surface area contributed by atoms with Crippen molar-refractivity contribution in [3.8, 4) is 11.3 Å². The average Bonchev–Trinajstić information content (AvgIpc) is 3.35. The van der Waals surface area contributed by atoms with E-state index in [9.17, 15) is 0 Å². The fourth-order valence-corrected chi connectivity index (χ4v) is 4.42. The number of hydrogen-bond donors (Lipinski definition) is 2. The highest BCUT2D eigenvalue weighted by atomic mass is 15.1. The number of imidazole rings is 1. The Morgan fingerprint density at radius 2 is 1.90 bits per heavy atom. The summed E-state index contributed by atoms with van der Waals surface area (Å²) in [7, 11) is 0. The molecule has 5 rings (SSSR count). The molecule has 1 aromatic carbocycles. The van der Waals surface area contributed by atoms with Crippen molar-refractivity contribution in [2.24, 2.45) is 0 Å². The van der Waals surface area contributed by atoms with Gasteiger partial charge in [0, 0.05) is 30.2 Å². The Labute approximate surface area is 182 Å². The third-order valence-corrected chi connectivity index (χ3v) is 6.10. The fraction of sp³-hybridized carbons (Fsp3) is 0.375. The van der Waals surface area contributed by atoms with Gasteiger partial charge in [0.15, 0.2) is 11.5 Å². The number of aryl methyl sites for hydroxylation is 2. The van der Waals surface area contributed by atoms with Gasteiger partial charge < -0.3 is 5.32 Å². The summed E-state index contributed by atoms with van der Waals surface area (Å²) in [6.45, 7) is 7.66. The first-order chi connectivity index (χ1) is 15.2. The van der Waals surface area contributed by atoms with Gasteiger partial charge in [-0.2, -0.15) is 5.10 Å². The number of aromatic amines is 1. The monoisotopic (exact) mass is 415 g/mol. The van der Waals surface area contributed by atoms with Crippen molar-refractivity contribution < 1.29 is 0 Å². The van der Waals surface area contributed by atoms with Gasteiger partial charge in [0.25, 0.3) is 0 Å². The lowest BCUT2D eigenvalue weighted by molar-refractivity contribution is 0.276. The number of hydrogen-bond acceptors (Lipinski definition) is 5. The minimum Gasteiger partial charge on any atom is -0.337 e. The van der Waals surface area contributed by atoms with E-state index in [-0.39, 0.29) is 0 Å². The summed E-state index contributed by atoms with van der Waals surface area (Å²) in [5.41, 5.74) is 7.45. The predicted octanol–water partition coefficient (Wildman–Crippen LogP) is 4.86. The Kier molecular flexibility index (Phi) is 5.42. The normalized spacial score (nSPS) is 15.3. The van der Waals surface area contributed by atoms with Crippen LogP contribution in [0.25, 0.3) is 16.9 Å². The molecule has 0 atom stereocenters. The molecular formula is C24H29N7. The van der Waals surface area contributed by atoms with E-state index in [1.807, 2.05) is 25.5 Å². The standard InChI is InChI=1S/C24H29N7/c1-17-11-21(8-7-19(17)16-30-9-5-3-4-6-10-30)29-23-24-25-14-22(20-12-26-27-13-20)31(24)15-18(2)28-23/h7-8,11-15H,3-6,9-10,16H2,1-2H3,(H,26,27)(H,28,29). The van der Waals surface area contributed by atoms with E-state index < -0.39 is 0 Å². The SMILES string of the molecule is Cc1cn2c(-c3cn[nH]c3)cnc2c(Nc2ccc(CN3CCCCCC3)c(C)c2)n1. The minimum atomic E-state index is 0.759. The van der Waals surface area contributed by atoms with Crippen molar-refractivity contribution in [2.45, 2.75) is 46.1 Å². The van der Waals surface area contributed by atoms with Crippen LogP contribution in [0.1, 0.15) is 42.5 Å². The smallest absolute Gasteiger partial charge is 0.180 e. The number of fused-ring (bicyclic) bond motifs is 1. The molecule has 0 amide bonds. The molecule has 7 heteroatoms. The molecule has 0 aliphatic carbocycles. The largest absolute Gasteiger partial charge is 0.337 e. The lowest BCUT2D eigenvalue weighted by atomic mass is 10.1. The number of nitrogens with one attached hydrogen (secondary N) is 2. The van der Waals surface area contributed by atoms with Gasteiger partial charge in [0.2, 0.25) is 0 Å². The highest BCUT2D eigenvalue weighted by Crippen LogP contribution is 2.27. The van der Waals surface area contributed by atoms with Gasteiger partial charge >= 0.3 is 0 Å². The molecule has 0 spiro atoms. The van der Waals surface area contributed by atoms with Crippen molar-refractivity contribution in [3.05, 3.63) is 59.8 Å². The van der Waals surface area contributed by atoms with Crippen LogP contribution in [0.4, 0.5) is 11.5 Å². The van der Waals surface area contributed by atoms with Gasteiger partial charge in [-0.05, 0) is 63.0 Å². The number of rotatable bonds is 5. The Bertz CT molecular complexity index is 1170. The summed E-state index contributed by atoms with van der Waals surface area (Å²) < 4.78 is 2.07. The first kappa shape index (κ1) is 19.8. The number of H-pyrrole nitrogens is 1. The quantitative estimate of drug-likeness (QED) is 0.487. The maximum Gasteiger partial charge on any atom is 0.180 e. The summed E-state index contributed by atoms with van der Waals surface area (Å²) in [6.07, 6.45) is 12.9. The molecule has 0 unspecified atom stereocenters. The van der Waals surface area contributed by atoms with Crippen LogP contribution in [-0.4, -0.2) is 42.6 Å². The second-order valence-corrected chi connectivity index (χ2v) is 8.51. The Morgan fingerprint density at radius 1 is 1.06 bits per heavy atom. The summed E-state index contributed by atoms with van der Waals surface area (Å²) >= 11 is 0. The highest BCUT2D eigenvalue weighted by molar-refractivity contribution is 5.74. The van der Waals surface area contributed by atoms with Crippen molar-refractivity contribution >= 4 is 17.2 Å². The summed E-state index contributed by atoms with van der Waals surface area (Å²) in [4.78, 5) is 11.9. The van der Waals surface area contributed by atoms with Crippen LogP contribution in [-0.2, 0) is 6.54 Å². The summed E-state index contributed by atoms with van der Waals surface area (Å²) in [5.74, 6) is 0.759. The van der Waals surface area contributed by atoms with Gasteiger partial charge in [-0.3, -0.25) is 14.4 Å². The van der Waals surface area contributed by atoms with Gasteiger partial charge in [-0.1, -0.05) is 18.9 Å². The van der Waals surface area contributed by atoms with Crippen molar-refractivity contribution in [2.75, 3.05) is 18.4 Å². The zero-order valence-corrected chi connectivity index (χ0v) is 18.2. The van der Waals surface area contributed by atoms with Crippen molar-refractivity contribution in [1.29, 1.82) is 0 Å². The molecule has 4 aromatic rings. The molecule has 7 nitrogen and oxygen atoms in total. The number of benzene rings is 1. The van der Waals surface area contributed by atoms with Crippen LogP contribution in [0.5, 0.6) is 0 Å². The number of anilines is 2. The Hall–Kier alpha value is -3.19. The van der Waals surface area contributed by atoms with E-state index in [4.69, 9.17) is 4.98 Å². The van der Waals surface area contributed by atoms with E-state index in [1.54, 1.807) is 6.20 Å². The zero-order chi connectivity index (χ0) is 21.2. The highest BCUT2D eigenvalue weighted by Gasteiger charge is 2.14. The maximum atomic E-state index is 4.72. The van der Waals surface area contributed by atoms with E-state index in [0.29, 0.717) is 0 Å². The van der Waals surface area contributed by atoms with Crippen LogP contribution >= 0.6 is 0 Å². The van der Waals surface area contributed by atoms with E-state index in [2.05, 4.69) is 54.9 Å². The molecule has 3 aromatic heterocycles. The van der Waals surface area contributed by atoms with E-state index in [1.165, 1.54) is 49.9 Å². The Morgan fingerprint density at radius 3 is 2.65 bits per heavy atom. The van der Waals surface area contributed by atoms with Gasteiger partial charge in [-0.25, -0.2) is 9.97 Å². The molecule has 2 N–H and O–H groups in total.